The molecule has 0 aliphatic rings. The van der Waals surface area contributed by atoms with Crippen LogP contribution in [0.15, 0.2) is 16.5 Å². The third-order valence-electron chi connectivity index (χ3n) is 1.93. The molecule has 2 amide bonds. The maximum atomic E-state index is 11.3. The summed E-state index contributed by atoms with van der Waals surface area (Å²) < 4.78 is 5.39. The number of nitrogens with one attached hydrogen (secondary N) is 1. The van der Waals surface area contributed by atoms with Gasteiger partial charge in [0.1, 0.15) is 11.5 Å². The zero-order valence-electron chi connectivity index (χ0n) is 9.00. The average Bonchev–Trinajstić information content (AvgIpc) is 2.51. The van der Waals surface area contributed by atoms with Crippen molar-refractivity contribution >= 4 is 6.03 Å². The van der Waals surface area contributed by atoms with Gasteiger partial charge < -0.3 is 14.6 Å². The van der Waals surface area contributed by atoms with E-state index in [2.05, 4.69) is 5.32 Å². The van der Waals surface area contributed by atoms with Crippen molar-refractivity contribution in [1.29, 1.82) is 0 Å². The summed E-state index contributed by atoms with van der Waals surface area (Å²) in [4.78, 5) is 12.8. The van der Waals surface area contributed by atoms with Crippen LogP contribution in [0.25, 0.3) is 0 Å². The highest BCUT2D eigenvalue weighted by molar-refractivity contribution is 5.73. The summed E-state index contributed by atoms with van der Waals surface area (Å²) in [7, 11) is 3.41. The number of urea groups is 1. The summed E-state index contributed by atoms with van der Waals surface area (Å²) in [5.41, 5.74) is 0. The van der Waals surface area contributed by atoms with Crippen LogP contribution in [0.1, 0.15) is 24.5 Å². The number of carbonyl (C=O) groups is 1. The fraction of sp³-hybridized carbons (Fsp3) is 0.500. The molecule has 0 saturated carbocycles. The molecule has 0 bridgehead atoms. The number of aryl methyl sites for hydroxylation is 1. The van der Waals surface area contributed by atoms with Crippen molar-refractivity contribution in [2.75, 3.05) is 14.1 Å². The summed E-state index contributed by atoms with van der Waals surface area (Å²) in [6.45, 7) is 3.77. The van der Waals surface area contributed by atoms with Gasteiger partial charge in [0.25, 0.3) is 0 Å². The molecule has 14 heavy (non-hydrogen) atoms. The fourth-order valence-corrected chi connectivity index (χ4v) is 1.07. The number of hydrogen-bond acceptors (Lipinski definition) is 2. The highest BCUT2D eigenvalue weighted by atomic mass is 16.3. The Morgan fingerprint density at radius 3 is 2.57 bits per heavy atom. The zero-order valence-corrected chi connectivity index (χ0v) is 9.00. The molecule has 1 heterocycles. The molecule has 0 fully saturated rings. The molecular formula is C10H16N2O2. The smallest absolute Gasteiger partial charge is 0.317 e. The van der Waals surface area contributed by atoms with Crippen molar-refractivity contribution in [2.45, 2.75) is 19.9 Å². The van der Waals surface area contributed by atoms with E-state index >= 15 is 0 Å². The molecule has 78 valence electrons. The molecule has 0 aliphatic heterocycles. The summed E-state index contributed by atoms with van der Waals surface area (Å²) in [6.07, 6.45) is 0. The molecule has 0 aromatic carbocycles. The van der Waals surface area contributed by atoms with Gasteiger partial charge in [-0.3, -0.25) is 0 Å². The van der Waals surface area contributed by atoms with Crippen LogP contribution in [-0.4, -0.2) is 25.0 Å². The monoisotopic (exact) mass is 196 g/mol. The maximum absolute atomic E-state index is 11.3. The Hall–Kier alpha value is -1.45. The molecule has 0 saturated heterocycles. The molecule has 0 spiro atoms. The predicted molar refractivity (Wildman–Crippen MR) is 54.1 cm³/mol. The van der Waals surface area contributed by atoms with E-state index in [1.165, 1.54) is 4.90 Å². The lowest BCUT2D eigenvalue weighted by atomic mass is 10.2. The van der Waals surface area contributed by atoms with Crippen molar-refractivity contribution in [3.8, 4) is 0 Å². The minimum atomic E-state index is -0.119. The van der Waals surface area contributed by atoms with E-state index in [0.717, 1.165) is 11.5 Å². The van der Waals surface area contributed by atoms with Crippen molar-refractivity contribution in [1.82, 2.24) is 10.2 Å². The largest absolute Gasteiger partial charge is 0.464 e. The number of furan rings is 1. The molecule has 0 aliphatic carbocycles. The van der Waals surface area contributed by atoms with Gasteiger partial charge in [-0.1, -0.05) is 0 Å². The second kappa shape index (κ2) is 4.17. The highest BCUT2D eigenvalue weighted by Gasteiger charge is 2.13. The van der Waals surface area contributed by atoms with Gasteiger partial charge in [-0.15, -0.1) is 0 Å². The standard InChI is InChI=1S/C10H16N2O2/c1-7-5-6-9(14-7)8(2)11-10(13)12(3)4/h5-6,8H,1-4H3,(H,11,13). The third-order valence-corrected chi connectivity index (χ3v) is 1.93. The van der Waals surface area contributed by atoms with Gasteiger partial charge in [0, 0.05) is 14.1 Å². The Balaban J connectivity index is 2.59. The van der Waals surface area contributed by atoms with Gasteiger partial charge >= 0.3 is 6.03 Å². The topological polar surface area (TPSA) is 45.5 Å². The quantitative estimate of drug-likeness (QED) is 0.785. The number of carbonyl (C=O) groups excluding carboxylic acids is 1. The van der Waals surface area contributed by atoms with Crippen molar-refractivity contribution in [3.05, 3.63) is 23.7 Å². The van der Waals surface area contributed by atoms with Gasteiger partial charge in [-0.05, 0) is 26.0 Å². The number of rotatable bonds is 2. The summed E-state index contributed by atoms with van der Waals surface area (Å²) >= 11 is 0. The van der Waals surface area contributed by atoms with E-state index in [0.29, 0.717) is 0 Å². The summed E-state index contributed by atoms with van der Waals surface area (Å²) in [6, 6.07) is 3.54. The highest BCUT2D eigenvalue weighted by Crippen LogP contribution is 2.15. The van der Waals surface area contributed by atoms with E-state index in [9.17, 15) is 4.79 Å². The second-order valence-electron chi connectivity index (χ2n) is 3.51. The zero-order chi connectivity index (χ0) is 10.7. The molecule has 0 radical (unpaired) electrons. The van der Waals surface area contributed by atoms with E-state index in [-0.39, 0.29) is 12.1 Å². The van der Waals surface area contributed by atoms with Crippen LogP contribution in [0, 0.1) is 6.92 Å². The lowest BCUT2D eigenvalue weighted by Gasteiger charge is -2.16. The average molecular weight is 196 g/mol. The van der Waals surface area contributed by atoms with E-state index in [1.54, 1.807) is 14.1 Å². The normalized spacial score (nSPS) is 12.3. The van der Waals surface area contributed by atoms with Crippen LogP contribution >= 0.6 is 0 Å². The number of amides is 2. The molecule has 1 atom stereocenters. The van der Waals surface area contributed by atoms with Crippen LogP contribution in [0.5, 0.6) is 0 Å². The van der Waals surface area contributed by atoms with Gasteiger partial charge in [0.05, 0.1) is 6.04 Å². The van der Waals surface area contributed by atoms with Crippen LogP contribution in [0.4, 0.5) is 4.79 Å². The number of nitrogens with zero attached hydrogens (tertiary/aromatic N) is 1. The van der Waals surface area contributed by atoms with Gasteiger partial charge in [0.15, 0.2) is 0 Å². The van der Waals surface area contributed by atoms with Crippen LogP contribution in [0.3, 0.4) is 0 Å². The molecule has 1 aromatic heterocycles. The van der Waals surface area contributed by atoms with Crippen LogP contribution < -0.4 is 5.32 Å². The van der Waals surface area contributed by atoms with E-state index < -0.39 is 0 Å². The van der Waals surface area contributed by atoms with Crippen molar-refractivity contribution in [3.63, 3.8) is 0 Å². The third kappa shape index (κ3) is 2.52. The molecule has 4 heteroatoms. The Labute approximate surface area is 83.9 Å². The number of hydrogen-bond donors (Lipinski definition) is 1. The first kappa shape index (κ1) is 10.6. The van der Waals surface area contributed by atoms with Crippen molar-refractivity contribution < 1.29 is 9.21 Å². The molecule has 1 rings (SSSR count). The first-order valence-corrected chi connectivity index (χ1v) is 4.55. The summed E-state index contributed by atoms with van der Waals surface area (Å²) in [5, 5.41) is 2.80. The van der Waals surface area contributed by atoms with Crippen LogP contribution in [0.2, 0.25) is 0 Å². The van der Waals surface area contributed by atoms with Gasteiger partial charge in [0.2, 0.25) is 0 Å². The Bertz CT molecular complexity index is 318. The predicted octanol–water partition coefficient (Wildman–Crippen LogP) is 1.92. The SMILES string of the molecule is Cc1ccc(C(C)NC(=O)N(C)C)o1. The minimum Gasteiger partial charge on any atom is -0.464 e. The van der Waals surface area contributed by atoms with E-state index in [4.69, 9.17) is 4.42 Å². The first-order chi connectivity index (χ1) is 6.50. The molecule has 4 nitrogen and oxygen atoms in total. The first-order valence-electron chi connectivity index (χ1n) is 4.55. The van der Waals surface area contributed by atoms with E-state index in [1.807, 2.05) is 26.0 Å². The Morgan fingerprint density at radius 1 is 1.50 bits per heavy atom. The molecule has 1 aromatic rings. The fourth-order valence-electron chi connectivity index (χ4n) is 1.07. The molecule has 1 unspecified atom stereocenters. The summed E-state index contributed by atoms with van der Waals surface area (Å²) in [5.74, 6) is 1.63. The Morgan fingerprint density at radius 2 is 2.14 bits per heavy atom. The second-order valence-corrected chi connectivity index (χ2v) is 3.51. The Kier molecular flexibility index (Phi) is 3.17. The lowest BCUT2D eigenvalue weighted by molar-refractivity contribution is 0.212. The lowest BCUT2D eigenvalue weighted by Crippen LogP contribution is -2.35. The molecular weight excluding hydrogens is 180 g/mol. The maximum Gasteiger partial charge on any atom is 0.317 e. The van der Waals surface area contributed by atoms with Crippen LogP contribution in [-0.2, 0) is 0 Å². The van der Waals surface area contributed by atoms with Gasteiger partial charge in [-0.25, -0.2) is 4.79 Å². The minimum absolute atomic E-state index is 0.0985. The van der Waals surface area contributed by atoms with Gasteiger partial charge in [-0.2, -0.15) is 0 Å². The molecule has 1 N–H and O–H groups in total. The van der Waals surface area contributed by atoms with Crippen molar-refractivity contribution in [2.24, 2.45) is 0 Å².